The molecule has 7 heavy (non-hydrogen) atoms. The van der Waals surface area contributed by atoms with Crippen LogP contribution in [0, 0.1) is 0 Å². The van der Waals surface area contributed by atoms with Crippen molar-refractivity contribution >= 4 is 11.8 Å². The predicted molar refractivity (Wildman–Crippen MR) is 26.6 cm³/mol. The Bertz CT molecular complexity index is 90.2. The van der Waals surface area contributed by atoms with E-state index in [4.69, 9.17) is 0 Å². The second kappa shape index (κ2) is 2.34. The molecule has 0 bridgehead atoms. The van der Waals surface area contributed by atoms with Crippen LogP contribution in [-0.4, -0.2) is 11.8 Å². The summed E-state index contributed by atoms with van der Waals surface area (Å²) in [7, 11) is 0. The molecule has 0 fully saturated rings. The lowest BCUT2D eigenvalue weighted by Crippen LogP contribution is -2.24. The summed E-state index contributed by atoms with van der Waals surface area (Å²) in [5.74, 6) is -0.625. The van der Waals surface area contributed by atoms with Crippen molar-refractivity contribution in [2.45, 2.75) is 13.8 Å². The number of hydrogen-bond donors (Lipinski definition) is 1. The summed E-state index contributed by atoms with van der Waals surface area (Å²) in [5.41, 5.74) is 0. The van der Waals surface area contributed by atoms with Crippen molar-refractivity contribution in [3.05, 3.63) is 0 Å². The number of carbonyl (C=O) groups excluding carboxylic acids is 2. The Morgan fingerprint density at radius 3 is 1.57 bits per heavy atom. The zero-order chi connectivity index (χ0) is 5.86. The van der Waals surface area contributed by atoms with Gasteiger partial charge < -0.3 is 0 Å². The summed E-state index contributed by atoms with van der Waals surface area (Å²) in [6.07, 6.45) is 0. The summed E-state index contributed by atoms with van der Waals surface area (Å²) in [6, 6.07) is 0. The molecule has 2 amide bonds. The van der Waals surface area contributed by atoms with Gasteiger partial charge in [-0.2, -0.15) is 0 Å². The summed E-state index contributed by atoms with van der Waals surface area (Å²) >= 11 is 0. The first-order chi connectivity index (χ1) is 3.13. The van der Waals surface area contributed by atoms with Crippen LogP contribution in [0.4, 0.5) is 0 Å². The quantitative estimate of drug-likeness (QED) is 0.466. The van der Waals surface area contributed by atoms with E-state index in [1.807, 2.05) is 5.32 Å². The molecule has 0 spiro atoms. The lowest BCUT2D eigenvalue weighted by molar-refractivity contribution is -0.127. The van der Waals surface area contributed by atoms with Crippen LogP contribution in [0.2, 0.25) is 0 Å². The Labute approximate surface area is 43.2 Å². The summed E-state index contributed by atoms with van der Waals surface area (Å²) in [5, 5.41) is 2.03. The number of imide groups is 1. The molecular weight excluding hydrogens is 94.0 g/mol. The highest BCUT2D eigenvalue weighted by atomic mass is 16.2. The van der Waals surface area contributed by atoms with Crippen LogP contribution in [0.1, 0.15) is 15.3 Å². The van der Waals surface area contributed by atoms with Crippen LogP contribution in [0.5, 0.6) is 0 Å². The molecule has 0 aromatic heterocycles. The van der Waals surface area contributed by atoms with Crippen LogP contribution in [0.3, 0.4) is 0 Å². The minimum atomic E-state index is -0.312. The van der Waals surface area contributed by atoms with Crippen molar-refractivity contribution in [3.63, 3.8) is 0 Å². The van der Waals surface area contributed by atoms with E-state index in [1.165, 1.54) is 13.8 Å². The molecule has 0 saturated heterocycles. The smallest absolute Gasteiger partial charge is 0.223 e. The minimum absolute atomic E-state index is 0. The lowest BCUT2D eigenvalue weighted by Gasteiger charge is -1.88. The number of carbonyl (C=O) groups is 2. The molecule has 0 atom stereocenters. The monoisotopic (exact) mass is 103 g/mol. The van der Waals surface area contributed by atoms with Gasteiger partial charge in [0.15, 0.2) is 0 Å². The van der Waals surface area contributed by atoms with Gasteiger partial charge in [0, 0.05) is 15.3 Å². The summed E-state index contributed by atoms with van der Waals surface area (Å²) < 4.78 is 0. The van der Waals surface area contributed by atoms with Crippen LogP contribution in [0.15, 0.2) is 0 Å². The standard InChI is InChI=1S/C4H7NO2.H2/c1-3(6)5-4(2)7;/h1-2H3,(H,5,6,7);1H. The van der Waals surface area contributed by atoms with Crippen molar-refractivity contribution < 1.29 is 11.0 Å². The lowest BCUT2D eigenvalue weighted by atomic mass is 10.6. The first-order valence-electron chi connectivity index (χ1n) is 1.91. The fourth-order valence-corrected chi connectivity index (χ4v) is 0.248. The third kappa shape index (κ3) is 5.14. The van der Waals surface area contributed by atoms with Crippen molar-refractivity contribution in [2.75, 3.05) is 0 Å². The zero-order valence-corrected chi connectivity index (χ0v) is 4.32. The fraction of sp³-hybridized carbons (Fsp3) is 0.500. The fourth-order valence-electron chi connectivity index (χ4n) is 0.248. The third-order valence-corrected chi connectivity index (χ3v) is 0.352. The average Bonchev–Trinajstić information content (AvgIpc) is 1.27. The topological polar surface area (TPSA) is 46.2 Å². The second-order valence-electron chi connectivity index (χ2n) is 1.24. The van der Waals surface area contributed by atoms with Crippen LogP contribution in [0.25, 0.3) is 0 Å². The molecule has 0 aromatic carbocycles. The van der Waals surface area contributed by atoms with Crippen molar-refractivity contribution in [1.29, 1.82) is 0 Å². The summed E-state index contributed by atoms with van der Waals surface area (Å²) in [6.45, 7) is 2.59. The molecule has 42 valence electrons. The van der Waals surface area contributed by atoms with E-state index in [2.05, 4.69) is 0 Å². The minimum Gasteiger partial charge on any atom is -0.297 e. The Morgan fingerprint density at radius 2 is 1.57 bits per heavy atom. The Balaban J connectivity index is 0. The molecule has 0 unspecified atom stereocenters. The molecule has 1 N–H and O–H groups in total. The highest BCUT2D eigenvalue weighted by Crippen LogP contribution is 1.58. The van der Waals surface area contributed by atoms with E-state index in [-0.39, 0.29) is 13.2 Å². The van der Waals surface area contributed by atoms with E-state index in [9.17, 15) is 9.59 Å². The first-order valence-corrected chi connectivity index (χ1v) is 1.91. The maximum Gasteiger partial charge on any atom is 0.223 e. The maximum atomic E-state index is 9.92. The van der Waals surface area contributed by atoms with Gasteiger partial charge in [-0.05, 0) is 0 Å². The molecule has 0 rings (SSSR count). The molecule has 0 heterocycles. The van der Waals surface area contributed by atoms with Gasteiger partial charge in [-0.25, -0.2) is 0 Å². The summed E-state index contributed by atoms with van der Waals surface area (Å²) in [4.78, 5) is 19.8. The Morgan fingerprint density at radius 1 is 1.29 bits per heavy atom. The van der Waals surface area contributed by atoms with E-state index in [0.29, 0.717) is 0 Å². The van der Waals surface area contributed by atoms with Gasteiger partial charge in [0.2, 0.25) is 11.8 Å². The number of rotatable bonds is 0. The van der Waals surface area contributed by atoms with Gasteiger partial charge in [0.25, 0.3) is 0 Å². The molecule has 0 aliphatic heterocycles. The van der Waals surface area contributed by atoms with Crippen molar-refractivity contribution in [1.82, 2.24) is 5.32 Å². The largest absolute Gasteiger partial charge is 0.297 e. The Hall–Kier alpha value is -0.860. The van der Waals surface area contributed by atoms with Crippen LogP contribution < -0.4 is 5.32 Å². The van der Waals surface area contributed by atoms with Crippen LogP contribution in [-0.2, 0) is 9.59 Å². The van der Waals surface area contributed by atoms with Gasteiger partial charge >= 0.3 is 0 Å². The molecule has 3 nitrogen and oxygen atoms in total. The first kappa shape index (κ1) is 6.14. The number of amides is 2. The highest BCUT2D eigenvalue weighted by molar-refractivity contribution is 5.92. The maximum absolute atomic E-state index is 9.92. The SMILES string of the molecule is CC(=O)NC(C)=O.[HH]. The zero-order valence-electron chi connectivity index (χ0n) is 4.32. The van der Waals surface area contributed by atoms with E-state index in [0.717, 1.165) is 0 Å². The predicted octanol–water partition coefficient (Wildman–Crippen LogP) is -0.0850. The molecule has 0 saturated carbocycles. The second-order valence-corrected chi connectivity index (χ2v) is 1.24. The molecular formula is C4H9NO2. The number of hydrogen-bond acceptors (Lipinski definition) is 2. The molecule has 0 aliphatic rings. The number of nitrogens with one attached hydrogen (secondary N) is 1. The van der Waals surface area contributed by atoms with Crippen molar-refractivity contribution in [2.24, 2.45) is 0 Å². The molecule has 3 heteroatoms. The van der Waals surface area contributed by atoms with Crippen LogP contribution >= 0.6 is 0 Å². The normalized spacial score (nSPS) is 7.71. The molecule has 0 aromatic rings. The van der Waals surface area contributed by atoms with Gasteiger partial charge in [-0.15, -0.1) is 0 Å². The highest BCUT2D eigenvalue weighted by Gasteiger charge is 1.90. The van der Waals surface area contributed by atoms with Gasteiger partial charge in [0.1, 0.15) is 0 Å². The third-order valence-electron chi connectivity index (χ3n) is 0.352. The van der Waals surface area contributed by atoms with E-state index >= 15 is 0 Å². The van der Waals surface area contributed by atoms with Gasteiger partial charge in [-0.1, -0.05) is 0 Å². The van der Waals surface area contributed by atoms with E-state index < -0.39 is 0 Å². The Kier molecular flexibility index (Phi) is 2.05. The van der Waals surface area contributed by atoms with Gasteiger partial charge in [0.05, 0.1) is 0 Å². The van der Waals surface area contributed by atoms with Gasteiger partial charge in [-0.3, -0.25) is 14.9 Å². The van der Waals surface area contributed by atoms with Crippen molar-refractivity contribution in [3.8, 4) is 0 Å². The molecule has 0 aliphatic carbocycles. The van der Waals surface area contributed by atoms with E-state index in [1.54, 1.807) is 0 Å². The molecule has 0 radical (unpaired) electrons. The average molecular weight is 103 g/mol.